The van der Waals surface area contributed by atoms with Gasteiger partial charge in [-0.15, -0.1) is 0 Å². The van der Waals surface area contributed by atoms with E-state index in [1.54, 1.807) is 12.4 Å². The lowest BCUT2D eigenvalue weighted by atomic mass is 9.65. The summed E-state index contributed by atoms with van der Waals surface area (Å²) < 4.78 is 0. The van der Waals surface area contributed by atoms with Crippen molar-refractivity contribution in [3.8, 4) is 0 Å². The van der Waals surface area contributed by atoms with Gasteiger partial charge < -0.3 is 4.90 Å². The molecular formula is C31H30N4. The number of hydrogen-bond donors (Lipinski definition) is 0. The molecule has 0 bridgehead atoms. The monoisotopic (exact) mass is 458 g/mol. The van der Waals surface area contributed by atoms with Crippen LogP contribution in [-0.2, 0) is 0 Å². The SMILES string of the molecule is CC1(C)C(=Nc2cccnc2)N=C(c2ccc(N(c3ccccc3)c3ccccc3)cc2)C1(C)C. The third-order valence-corrected chi connectivity index (χ3v) is 7.24. The zero-order chi connectivity index (χ0) is 24.5. The van der Waals surface area contributed by atoms with Crippen molar-refractivity contribution in [1.29, 1.82) is 0 Å². The molecule has 4 aromatic rings. The Kier molecular flexibility index (Phi) is 5.81. The maximum absolute atomic E-state index is 5.08. The van der Waals surface area contributed by atoms with Crippen LogP contribution in [0.15, 0.2) is 119 Å². The van der Waals surface area contributed by atoms with Gasteiger partial charge in [0.05, 0.1) is 17.6 Å². The molecule has 0 N–H and O–H groups in total. The molecule has 0 spiro atoms. The summed E-state index contributed by atoms with van der Waals surface area (Å²) in [5.41, 5.74) is 5.94. The van der Waals surface area contributed by atoms with Crippen molar-refractivity contribution >= 4 is 34.3 Å². The second kappa shape index (κ2) is 8.95. The highest BCUT2D eigenvalue weighted by molar-refractivity contribution is 6.18. The van der Waals surface area contributed by atoms with E-state index < -0.39 is 0 Å². The second-order valence-corrected chi connectivity index (χ2v) is 9.91. The van der Waals surface area contributed by atoms with Crippen molar-refractivity contribution in [3.05, 3.63) is 115 Å². The molecule has 2 heterocycles. The van der Waals surface area contributed by atoms with Gasteiger partial charge in [-0.25, -0.2) is 9.98 Å². The molecule has 1 aliphatic rings. The van der Waals surface area contributed by atoms with E-state index in [0.717, 1.165) is 39.9 Å². The number of aromatic nitrogens is 1. The van der Waals surface area contributed by atoms with Crippen LogP contribution in [0.2, 0.25) is 0 Å². The molecule has 0 radical (unpaired) electrons. The molecule has 3 aromatic carbocycles. The van der Waals surface area contributed by atoms with Gasteiger partial charge in [-0.2, -0.15) is 0 Å². The first-order valence-electron chi connectivity index (χ1n) is 12.0. The molecule has 0 saturated carbocycles. The van der Waals surface area contributed by atoms with Gasteiger partial charge in [0.15, 0.2) is 0 Å². The Bertz CT molecular complexity index is 1310. The number of pyridine rings is 1. The van der Waals surface area contributed by atoms with Crippen molar-refractivity contribution in [1.82, 2.24) is 4.98 Å². The molecule has 4 nitrogen and oxygen atoms in total. The minimum Gasteiger partial charge on any atom is -0.311 e. The molecule has 4 heteroatoms. The average molecular weight is 459 g/mol. The Morgan fingerprint density at radius 1 is 0.629 bits per heavy atom. The van der Waals surface area contributed by atoms with Crippen LogP contribution in [0.1, 0.15) is 33.3 Å². The summed E-state index contributed by atoms with van der Waals surface area (Å²) >= 11 is 0. The van der Waals surface area contributed by atoms with E-state index in [9.17, 15) is 0 Å². The maximum atomic E-state index is 5.08. The van der Waals surface area contributed by atoms with Crippen molar-refractivity contribution < 1.29 is 0 Å². The number of nitrogens with zero attached hydrogens (tertiary/aromatic N) is 4. The number of amidine groups is 1. The summed E-state index contributed by atoms with van der Waals surface area (Å²) in [5.74, 6) is 0.838. The summed E-state index contributed by atoms with van der Waals surface area (Å²) in [5, 5.41) is 0. The first-order chi connectivity index (χ1) is 16.9. The summed E-state index contributed by atoms with van der Waals surface area (Å²) in [6.07, 6.45) is 3.54. The standard InChI is InChI=1S/C31H30N4/c1-30(2)28(34-29(31(30,3)4)33-24-12-11-21-32-22-24)23-17-19-27(20-18-23)35(25-13-7-5-8-14-25)26-15-9-6-10-16-26/h5-22H,1-4H3. The zero-order valence-electron chi connectivity index (χ0n) is 20.7. The molecule has 0 unspecified atom stereocenters. The molecule has 1 aromatic heterocycles. The molecule has 174 valence electrons. The lowest BCUT2D eigenvalue weighted by Crippen LogP contribution is -2.38. The topological polar surface area (TPSA) is 40.9 Å². The second-order valence-electron chi connectivity index (χ2n) is 9.91. The predicted molar refractivity (Wildman–Crippen MR) is 147 cm³/mol. The normalized spacial score (nSPS) is 17.3. The Morgan fingerprint density at radius 2 is 1.20 bits per heavy atom. The number of rotatable bonds is 5. The molecule has 1 aliphatic heterocycles. The van der Waals surface area contributed by atoms with Gasteiger partial charge in [0.25, 0.3) is 0 Å². The van der Waals surface area contributed by atoms with Crippen LogP contribution in [0, 0.1) is 10.8 Å². The van der Waals surface area contributed by atoms with E-state index >= 15 is 0 Å². The Hall–Kier alpha value is -4.05. The Labute approximate surface area is 207 Å². The fourth-order valence-electron chi connectivity index (χ4n) is 4.46. The summed E-state index contributed by atoms with van der Waals surface area (Å²) in [7, 11) is 0. The lowest BCUT2D eigenvalue weighted by molar-refractivity contribution is 0.299. The van der Waals surface area contributed by atoms with Gasteiger partial charge in [0, 0.05) is 34.1 Å². The predicted octanol–water partition coefficient (Wildman–Crippen LogP) is 8.14. The molecule has 5 rings (SSSR count). The summed E-state index contributed by atoms with van der Waals surface area (Å²) in [4.78, 5) is 16.4. The van der Waals surface area contributed by atoms with Crippen LogP contribution in [0.4, 0.5) is 22.7 Å². The van der Waals surface area contributed by atoms with Crippen molar-refractivity contribution in [2.45, 2.75) is 27.7 Å². The molecular weight excluding hydrogens is 428 g/mol. The minimum atomic E-state index is -0.225. The van der Waals surface area contributed by atoms with Gasteiger partial charge in [-0.3, -0.25) is 4.98 Å². The van der Waals surface area contributed by atoms with E-state index in [4.69, 9.17) is 9.98 Å². The van der Waals surface area contributed by atoms with Crippen LogP contribution in [0.5, 0.6) is 0 Å². The highest BCUT2D eigenvalue weighted by Gasteiger charge is 2.50. The van der Waals surface area contributed by atoms with Gasteiger partial charge in [0.2, 0.25) is 0 Å². The molecule has 0 atom stereocenters. The molecule has 0 saturated heterocycles. The first-order valence-corrected chi connectivity index (χ1v) is 12.0. The largest absolute Gasteiger partial charge is 0.311 e. The van der Waals surface area contributed by atoms with E-state index in [1.165, 1.54) is 0 Å². The molecule has 0 fully saturated rings. The van der Waals surface area contributed by atoms with E-state index in [0.29, 0.717) is 0 Å². The number of anilines is 3. The van der Waals surface area contributed by atoms with Gasteiger partial charge in [-0.05, 0) is 54.1 Å². The number of benzene rings is 3. The van der Waals surface area contributed by atoms with Crippen molar-refractivity contribution in [2.24, 2.45) is 20.8 Å². The van der Waals surface area contributed by atoms with Gasteiger partial charge >= 0.3 is 0 Å². The Morgan fingerprint density at radius 3 is 1.74 bits per heavy atom. The average Bonchev–Trinajstić information content (AvgIpc) is 3.06. The lowest BCUT2D eigenvalue weighted by Gasteiger charge is -2.35. The van der Waals surface area contributed by atoms with Crippen molar-refractivity contribution in [3.63, 3.8) is 0 Å². The third kappa shape index (κ3) is 4.17. The third-order valence-electron chi connectivity index (χ3n) is 7.24. The van der Waals surface area contributed by atoms with Crippen LogP contribution < -0.4 is 4.90 Å². The summed E-state index contributed by atoms with van der Waals surface area (Å²) in [6, 6.07) is 33.5. The van der Waals surface area contributed by atoms with Gasteiger partial charge in [0.1, 0.15) is 5.84 Å². The molecule has 35 heavy (non-hydrogen) atoms. The highest BCUT2D eigenvalue weighted by atomic mass is 15.1. The molecule has 0 aliphatic carbocycles. The zero-order valence-corrected chi connectivity index (χ0v) is 20.7. The summed E-state index contributed by atoms with van der Waals surface area (Å²) in [6.45, 7) is 8.96. The van der Waals surface area contributed by atoms with Crippen molar-refractivity contribution in [2.75, 3.05) is 4.90 Å². The smallest absolute Gasteiger partial charge is 0.135 e. The van der Waals surface area contributed by atoms with E-state index in [-0.39, 0.29) is 10.8 Å². The Balaban J connectivity index is 1.54. The first kappa shape index (κ1) is 22.7. The highest BCUT2D eigenvalue weighted by Crippen LogP contribution is 2.48. The van der Waals surface area contributed by atoms with Crippen LogP contribution in [-0.4, -0.2) is 16.5 Å². The number of aliphatic imine (C=N–C) groups is 2. The number of para-hydroxylation sites is 2. The van der Waals surface area contributed by atoms with Crippen LogP contribution >= 0.6 is 0 Å². The fourth-order valence-corrected chi connectivity index (χ4v) is 4.46. The van der Waals surface area contributed by atoms with Gasteiger partial charge in [-0.1, -0.05) is 76.2 Å². The van der Waals surface area contributed by atoms with Crippen LogP contribution in [0.25, 0.3) is 0 Å². The van der Waals surface area contributed by atoms with E-state index in [1.807, 2.05) is 24.3 Å². The molecule has 0 amide bonds. The quantitative estimate of drug-likeness (QED) is 0.303. The fraction of sp³-hybridized carbons (Fsp3) is 0.194. The minimum absolute atomic E-state index is 0.186. The number of hydrogen-bond acceptors (Lipinski definition) is 3. The maximum Gasteiger partial charge on any atom is 0.135 e. The van der Waals surface area contributed by atoms with Crippen LogP contribution in [0.3, 0.4) is 0 Å². The van der Waals surface area contributed by atoms with E-state index in [2.05, 4.69) is 110 Å².